The van der Waals surface area contributed by atoms with Crippen LogP contribution in [0.4, 0.5) is 0 Å². The molecule has 2 nitrogen and oxygen atoms in total. The summed E-state index contributed by atoms with van der Waals surface area (Å²) in [5.41, 5.74) is 0. The van der Waals surface area contributed by atoms with Gasteiger partial charge in [0.15, 0.2) is 0 Å². The van der Waals surface area contributed by atoms with Gasteiger partial charge in [-0.15, -0.1) is 11.8 Å². The number of hydrogen-bond donors (Lipinski definition) is 1. The van der Waals surface area contributed by atoms with Crippen molar-refractivity contribution in [2.45, 2.75) is 23.8 Å². The highest BCUT2D eigenvalue weighted by Crippen LogP contribution is 2.19. The fourth-order valence-corrected chi connectivity index (χ4v) is 1.80. The van der Waals surface area contributed by atoms with Crippen molar-refractivity contribution in [3.8, 4) is 5.75 Å². The van der Waals surface area contributed by atoms with Gasteiger partial charge in [-0.2, -0.15) is 0 Å². The molecular weight excluding hydrogens is 206 g/mol. The van der Waals surface area contributed by atoms with Crippen LogP contribution in [0.2, 0.25) is 0 Å². The first kappa shape index (κ1) is 10.8. The van der Waals surface area contributed by atoms with E-state index in [-0.39, 0.29) is 0 Å². The minimum absolute atomic E-state index is 0.759. The fourth-order valence-electron chi connectivity index (χ4n) is 1.39. The number of nitrogens with one attached hydrogen (secondary N) is 1. The van der Waals surface area contributed by atoms with E-state index in [0.29, 0.717) is 0 Å². The summed E-state index contributed by atoms with van der Waals surface area (Å²) in [5, 5.41) is 3.42. The fraction of sp³-hybridized carbons (Fsp3) is 0.500. The summed E-state index contributed by atoms with van der Waals surface area (Å²) in [4.78, 5) is 1.28. The van der Waals surface area contributed by atoms with E-state index in [1.54, 1.807) is 11.8 Å². The van der Waals surface area contributed by atoms with Gasteiger partial charge in [-0.3, -0.25) is 0 Å². The Kier molecular flexibility index (Phi) is 3.92. The van der Waals surface area contributed by atoms with E-state index < -0.39 is 0 Å². The van der Waals surface area contributed by atoms with Crippen molar-refractivity contribution in [2.75, 3.05) is 19.4 Å². The van der Waals surface area contributed by atoms with E-state index >= 15 is 0 Å². The summed E-state index contributed by atoms with van der Waals surface area (Å²) in [6.45, 7) is 1.71. The lowest BCUT2D eigenvalue weighted by Gasteiger charge is -2.07. The summed E-state index contributed by atoms with van der Waals surface area (Å²) >= 11 is 1.75. The topological polar surface area (TPSA) is 21.3 Å². The lowest BCUT2D eigenvalue weighted by molar-refractivity contribution is 0.313. The summed E-state index contributed by atoms with van der Waals surface area (Å²) < 4.78 is 5.61. The van der Waals surface area contributed by atoms with Crippen molar-refractivity contribution in [2.24, 2.45) is 0 Å². The SMILES string of the molecule is CSc1ccc(OCCNC2CC2)cc1. The van der Waals surface area contributed by atoms with Crippen molar-refractivity contribution in [3.63, 3.8) is 0 Å². The van der Waals surface area contributed by atoms with Crippen LogP contribution in [0, 0.1) is 0 Å². The Morgan fingerprint density at radius 2 is 2.07 bits per heavy atom. The third kappa shape index (κ3) is 3.76. The van der Waals surface area contributed by atoms with Crippen LogP contribution in [0.25, 0.3) is 0 Å². The van der Waals surface area contributed by atoms with Gasteiger partial charge in [-0.05, 0) is 43.4 Å². The molecule has 0 spiro atoms. The molecule has 1 aliphatic carbocycles. The van der Waals surface area contributed by atoms with Crippen LogP contribution in [0.5, 0.6) is 5.75 Å². The van der Waals surface area contributed by atoms with Gasteiger partial charge in [0.25, 0.3) is 0 Å². The second-order valence-electron chi connectivity index (χ2n) is 3.75. The summed E-state index contributed by atoms with van der Waals surface area (Å²) in [6.07, 6.45) is 4.75. The van der Waals surface area contributed by atoms with Gasteiger partial charge in [-0.1, -0.05) is 0 Å². The molecule has 0 heterocycles. The largest absolute Gasteiger partial charge is 0.492 e. The van der Waals surface area contributed by atoms with Crippen molar-refractivity contribution >= 4 is 11.8 Å². The molecule has 1 aromatic carbocycles. The smallest absolute Gasteiger partial charge is 0.119 e. The summed E-state index contributed by atoms with van der Waals surface area (Å²) in [5.74, 6) is 0.963. The van der Waals surface area contributed by atoms with Crippen molar-refractivity contribution in [3.05, 3.63) is 24.3 Å². The van der Waals surface area contributed by atoms with Crippen LogP contribution >= 0.6 is 11.8 Å². The maximum atomic E-state index is 5.61. The summed E-state index contributed by atoms with van der Waals surface area (Å²) in [6, 6.07) is 9.02. The van der Waals surface area contributed by atoms with Gasteiger partial charge in [0.2, 0.25) is 0 Å². The Hall–Kier alpha value is -0.670. The zero-order chi connectivity index (χ0) is 10.5. The number of hydrogen-bond acceptors (Lipinski definition) is 3. The van der Waals surface area contributed by atoms with E-state index in [9.17, 15) is 0 Å². The Bertz CT molecular complexity index is 295. The van der Waals surface area contributed by atoms with Crippen LogP contribution < -0.4 is 10.1 Å². The molecule has 0 amide bonds. The molecule has 0 radical (unpaired) electrons. The van der Waals surface area contributed by atoms with Gasteiger partial charge in [0, 0.05) is 17.5 Å². The molecule has 0 unspecified atom stereocenters. The maximum absolute atomic E-state index is 5.61. The molecule has 1 saturated carbocycles. The minimum Gasteiger partial charge on any atom is -0.492 e. The molecular formula is C12H17NOS. The predicted octanol–water partition coefficient (Wildman–Crippen LogP) is 2.54. The second kappa shape index (κ2) is 5.42. The van der Waals surface area contributed by atoms with E-state index in [0.717, 1.165) is 24.9 Å². The number of ether oxygens (including phenoxy) is 1. The van der Waals surface area contributed by atoms with Crippen molar-refractivity contribution in [1.82, 2.24) is 5.32 Å². The van der Waals surface area contributed by atoms with Crippen molar-refractivity contribution in [1.29, 1.82) is 0 Å². The highest BCUT2D eigenvalue weighted by molar-refractivity contribution is 7.98. The Labute approximate surface area is 95.4 Å². The first-order chi connectivity index (χ1) is 7.38. The second-order valence-corrected chi connectivity index (χ2v) is 4.63. The Balaban J connectivity index is 1.67. The molecule has 3 heteroatoms. The summed E-state index contributed by atoms with van der Waals surface area (Å²) in [7, 11) is 0. The first-order valence-electron chi connectivity index (χ1n) is 5.39. The highest BCUT2D eigenvalue weighted by Gasteiger charge is 2.19. The van der Waals surface area contributed by atoms with Gasteiger partial charge in [0.1, 0.15) is 12.4 Å². The molecule has 15 heavy (non-hydrogen) atoms. The minimum atomic E-state index is 0.759. The number of thioether (sulfide) groups is 1. The standard InChI is InChI=1S/C12H17NOS/c1-15-12-6-4-11(5-7-12)14-9-8-13-10-2-3-10/h4-7,10,13H,2-3,8-9H2,1H3. The average molecular weight is 223 g/mol. The van der Waals surface area contributed by atoms with E-state index in [2.05, 4.69) is 23.7 Å². The maximum Gasteiger partial charge on any atom is 0.119 e. The van der Waals surface area contributed by atoms with Crippen LogP contribution in [0.1, 0.15) is 12.8 Å². The van der Waals surface area contributed by atoms with Crippen LogP contribution in [-0.4, -0.2) is 25.4 Å². The lowest BCUT2D eigenvalue weighted by atomic mass is 10.3. The third-order valence-corrected chi connectivity index (χ3v) is 3.18. The molecule has 1 fully saturated rings. The monoisotopic (exact) mass is 223 g/mol. The molecule has 1 N–H and O–H groups in total. The number of rotatable bonds is 6. The molecule has 0 atom stereocenters. The van der Waals surface area contributed by atoms with Gasteiger partial charge in [0.05, 0.1) is 0 Å². The van der Waals surface area contributed by atoms with Crippen molar-refractivity contribution < 1.29 is 4.74 Å². The van der Waals surface area contributed by atoms with E-state index in [1.807, 2.05) is 12.1 Å². The van der Waals surface area contributed by atoms with Crippen LogP contribution in [0.3, 0.4) is 0 Å². The quantitative estimate of drug-likeness (QED) is 0.591. The predicted molar refractivity (Wildman–Crippen MR) is 64.7 cm³/mol. The van der Waals surface area contributed by atoms with Crippen LogP contribution in [-0.2, 0) is 0 Å². The Morgan fingerprint density at radius 1 is 1.33 bits per heavy atom. The molecule has 1 aromatic rings. The molecule has 0 saturated heterocycles. The van der Waals surface area contributed by atoms with E-state index in [4.69, 9.17) is 4.74 Å². The van der Waals surface area contributed by atoms with Gasteiger partial charge >= 0.3 is 0 Å². The first-order valence-corrected chi connectivity index (χ1v) is 6.61. The molecule has 0 aliphatic heterocycles. The van der Waals surface area contributed by atoms with Gasteiger partial charge in [-0.25, -0.2) is 0 Å². The molecule has 1 aliphatic rings. The third-order valence-electron chi connectivity index (χ3n) is 2.44. The van der Waals surface area contributed by atoms with Gasteiger partial charge < -0.3 is 10.1 Å². The lowest BCUT2D eigenvalue weighted by Crippen LogP contribution is -2.22. The molecule has 82 valence electrons. The normalized spacial score (nSPS) is 15.3. The Morgan fingerprint density at radius 3 is 2.67 bits per heavy atom. The highest BCUT2D eigenvalue weighted by atomic mass is 32.2. The van der Waals surface area contributed by atoms with Crippen LogP contribution in [0.15, 0.2) is 29.2 Å². The molecule has 2 rings (SSSR count). The zero-order valence-electron chi connectivity index (χ0n) is 9.03. The average Bonchev–Trinajstić information content (AvgIpc) is 3.09. The molecule has 0 bridgehead atoms. The number of benzene rings is 1. The van der Waals surface area contributed by atoms with E-state index in [1.165, 1.54) is 17.7 Å². The molecule has 0 aromatic heterocycles. The zero-order valence-corrected chi connectivity index (χ0v) is 9.85.